The summed E-state index contributed by atoms with van der Waals surface area (Å²) in [6.45, 7) is 2.25. The van der Waals surface area contributed by atoms with Gasteiger partial charge in [0.15, 0.2) is 23.0 Å². The van der Waals surface area contributed by atoms with E-state index in [9.17, 15) is 4.79 Å². The number of aromatic nitrogens is 3. The first-order valence-corrected chi connectivity index (χ1v) is 11.0. The van der Waals surface area contributed by atoms with Gasteiger partial charge in [-0.15, -0.1) is 0 Å². The van der Waals surface area contributed by atoms with Crippen molar-refractivity contribution in [1.29, 1.82) is 0 Å². The highest BCUT2D eigenvalue weighted by Crippen LogP contribution is 2.41. The molecule has 9 heteroatoms. The highest BCUT2D eigenvalue weighted by atomic mass is 16.5. The maximum Gasteiger partial charge on any atom is 0.340 e. The highest BCUT2D eigenvalue weighted by Gasteiger charge is 2.26. The largest absolute Gasteiger partial charge is 0.493 e. The average molecular weight is 478 g/mol. The van der Waals surface area contributed by atoms with Crippen LogP contribution in [-0.2, 0) is 11.3 Å². The average Bonchev–Trinajstić information content (AvgIpc) is 3.39. The SMILES string of the molecule is CCOC(=O)c1c(Cn2cccn2)nc2cc(OC)c(OC)cc2c1-c1ccc(OC)c(OC)c1. The van der Waals surface area contributed by atoms with Gasteiger partial charge in [0.25, 0.3) is 0 Å². The number of carbonyl (C=O) groups is 1. The second-order valence-electron chi connectivity index (χ2n) is 7.53. The Morgan fingerprint density at radius 2 is 1.60 bits per heavy atom. The summed E-state index contributed by atoms with van der Waals surface area (Å²) in [7, 11) is 6.26. The zero-order valence-electron chi connectivity index (χ0n) is 20.3. The van der Waals surface area contributed by atoms with E-state index in [0.717, 1.165) is 5.56 Å². The molecule has 0 atom stereocenters. The van der Waals surface area contributed by atoms with Crippen LogP contribution in [0.25, 0.3) is 22.0 Å². The second-order valence-corrected chi connectivity index (χ2v) is 7.53. The number of methoxy groups -OCH3 is 4. The number of carbonyl (C=O) groups excluding carboxylic acids is 1. The summed E-state index contributed by atoms with van der Waals surface area (Å²) in [6, 6.07) is 10.9. The minimum atomic E-state index is -0.483. The molecule has 2 heterocycles. The molecule has 0 saturated heterocycles. The molecular formula is C26H27N3O6. The molecule has 0 amide bonds. The van der Waals surface area contributed by atoms with E-state index in [4.69, 9.17) is 28.7 Å². The van der Waals surface area contributed by atoms with Crippen molar-refractivity contribution in [2.75, 3.05) is 35.0 Å². The zero-order valence-corrected chi connectivity index (χ0v) is 20.3. The van der Waals surface area contributed by atoms with Crippen LogP contribution in [0.4, 0.5) is 0 Å². The van der Waals surface area contributed by atoms with E-state index in [2.05, 4.69) is 5.10 Å². The van der Waals surface area contributed by atoms with E-state index in [-0.39, 0.29) is 13.2 Å². The lowest BCUT2D eigenvalue weighted by Crippen LogP contribution is -2.15. The van der Waals surface area contributed by atoms with E-state index in [0.29, 0.717) is 50.7 Å². The van der Waals surface area contributed by atoms with Crippen LogP contribution in [0.3, 0.4) is 0 Å². The maximum absolute atomic E-state index is 13.4. The number of ether oxygens (including phenoxy) is 5. The second kappa shape index (κ2) is 10.3. The molecule has 2 aromatic heterocycles. The number of nitrogens with zero attached hydrogens (tertiary/aromatic N) is 3. The van der Waals surface area contributed by atoms with Crippen LogP contribution in [0.1, 0.15) is 23.0 Å². The Morgan fingerprint density at radius 1 is 0.914 bits per heavy atom. The summed E-state index contributed by atoms with van der Waals surface area (Å²) in [6.07, 6.45) is 3.49. The van der Waals surface area contributed by atoms with E-state index < -0.39 is 5.97 Å². The topological polar surface area (TPSA) is 93.9 Å². The number of rotatable bonds is 9. The zero-order chi connectivity index (χ0) is 24.9. The molecule has 0 spiro atoms. The Bertz CT molecular complexity index is 1350. The van der Waals surface area contributed by atoms with Gasteiger partial charge in [0, 0.05) is 29.4 Å². The van der Waals surface area contributed by atoms with Gasteiger partial charge in [0.05, 0.1) is 58.4 Å². The molecule has 0 radical (unpaired) electrons. The monoisotopic (exact) mass is 477 g/mol. The first-order valence-electron chi connectivity index (χ1n) is 11.0. The maximum atomic E-state index is 13.4. The number of esters is 1. The van der Waals surface area contributed by atoms with Crippen LogP contribution in [0, 0.1) is 0 Å². The van der Waals surface area contributed by atoms with E-state index in [1.807, 2.05) is 30.5 Å². The summed E-state index contributed by atoms with van der Waals surface area (Å²) >= 11 is 0. The molecule has 0 unspecified atom stereocenters. The van der Waals surface area contributed by atoms with Crippen LogP contribution in [0.2, 0.25) is 0 Å². The molecule has 35 heavy (non-hydrogen) atoms. The van der Waals surface area contributed by atoms with Gasteiger partial charge in [-0.05, 0) is 36.8 Å². The van der Waals surface area contributed by atoms with Gasteiger partial charge in [0.2, 0.25) is 0 Å². The summed E-state index contributed by atoms with van der Waals surface area (Å²) in [4.78, 5) is 18.2. The van der Waals surface area contributed by atoms with Gasteiger partial charge < -0.3 is 23.7 Å². The molecule has 2 aromatic carbocycles. The minimum Gasteiger partial charge on any atom is -0.493 e. The molecular weight excluding hydrogens is 450 g/mol. The Morgan fingerprint density at radius 3 is 2.23 bits per heavy atom. The molecule has 4 rings (SSSR count). The fraction of sp³-hybridized carbons (Fsp3) is 0.269. The van der Waals surface area contributed by atoms with Crippen molar-refractivity contribution in [2.45, 2.75) is 13.5 Å². The first-order chi connectivity index (χ1) is 17.0. The van der Waals surface area contributed by atoms with Crippen LogP contribution >= 0.6 is 0 Å². The molecule has 0 aliphatic carbocycles. The van der Waals surface area contributed by atoms with Gasteiger partial charge in [-0.2, -0.15) is 5.10 Å². The standard InChI is InChI=1S/C26H27N3O6/c1-6-35-26(30)25-19(15-29-11-7-10-27-29)28-18-14-23(34-5)22(33-4)13-17(18)24(25)16-8-9-20(31-2)21(12-16)32-3/h7-14H,6,15H2,1-5H3. The predicted molar refractivity (Wildman–Crippen MR) is 131 cm³/mol. The number of hydrogen-bond donors (Lipinski definition) is 0. The smallest absolute Gasteiger partial charge is 0.340 e. The molecule has 9 nitrogen and oxygen atoms in total. The number of benzene rings is 2. The molecule has 0 bridgehead atoms. The van der Waals surface area contributed by atoms with Crippen LogP contribution in [-0.4, -0.2) is 55.8 Å². The van der Waals surface area contributed by atoms with E-state index in [1.165, 1.54) is 0 Å². The van der Waals surface area contributed by atoms with Crippen LogP contribution in [0.15, 0.2) is 48.8 Å². The molecule has 0 saturated carbocycles. The summed E-state index contributed by atoms with van der Waals surface area (Å²) in [5.74, 6) is 1.66. The molecule has 0 aliphatic rings. The molecule has 4 aromatic rings. The van der Waals surface area contributed by atoms with Gasteiger partial charge in [-0.3, -0.25) is 4.68 Å². The lowest BCUT2D eigenvalue weighted by Gasteiger charge is -2.19. The molecule has 0 aliphatic heterocycles. The first kappa shape index (κ1) is 23.9. The highest BCUT2D eigenvalue weighted by molar-refractivity contribution is 6.08. The van der Waals surface area contributed by atoms with Crippen molar-refractivity contribution >= 4 is 16.9 Å². The third kappa shape index (κ3) is 4.57. The lowest BCUT2D eigenvalue weighted by atomic mass is 9.93. The van der Waals surface area contributed by atoms with E-state index >= 15 is 0 Å². The Kier molecular flexibility index (Phi) is 7.05. The normalized spacial score (nSPS) is 10.8. The quantitative estimate of drug-likeness (QED) is 0.328. The number of hydrogen-bond acceptors (Lipinski definition) is 8. The van der Waals surface area contributed by atoms with Crippen molar-refractivity contribution in [3.8, 4) is 34.1 Å². The van der Waals surface area contributed by atoms with Gasteiger partial charge in [0.1, 0.15) is 0 Å². The fourth-order valence-corrected chi connectivity index (χ4v) is 4.02. The minimum absolute atomic E-state index is 0.218. The summed E-state index contributed by atoms with van der Waals surface area (Å²) in [5.41, 5.74) is 2.85. The Labute approximate surface area is 203 Å². The van der Waals surface area contributed by atoms with Crippen molar-refractivity contribution in [3.63, 3.8) is 0 Å². The number of fused-ring (bicyclic) bond motifs is 1. The van der Waals surface area contributed by atoms with Crippen molar-refractivity contribution < 1.29 is 28.5 Å². The molecule has 182 valence electrons. The Balaban J connectivity index is 2.11. The lowest BCUT2D eigenvalue weighted by molar-refractivity contribution is 0.0525. The Hall–Kier alpha value is -4.27. The van der Waals surface area contributed by atoms with Crippen LogP contribution in [0.5, 0.6) is 23.0 Å². The molecule has 0 N–H and O–H groups in total. The summed E-state index contributed by atoms with van der Waals surface area (Å²) < 4.78 is 29.2. The van der Waals surface area contributed by atoms with Crippen LogP contribution < -0.4 is 18.9 Å². The van der Waals surface area contributed by atoms with Gasteiger partial charge in [-0.25, -0.2) is 9.78 Å². The third-order valence-electron chi connectivity index (χ3n) is 5.59. The van der Waals surface area contributed by atoms with Gasteiger partial charge in [-0.1, -0.05) is 6.07 Å². The van der Waals surface area contributed by atoms with Crippen molar-refractivity contribution in [2.24, 2.45) is 0 Å². The third-order valence-corrected chi connectivity index (χ3v) is 5.59. The number of pyridine rings is 1. The summed E-state index contributed by atoms with van der Waals surface area (Å²) in [5, 5.41) is 4.99. The predicted octanol–water partition coefficient (Wildman–Crippen LogP) is 4.36. The molecule has 0 fully saturated rings. The van der Waals surface area contributed by atoms with Crippen molar-refractivity contribution in [3.05, 3.63) is 60.0 Å². The van der Waals surface area contributed by atoms with Crippen molar-refractivity contribution in [1.82, 2.24) is 14.8 Å². The fourth-order valence-electron chi connectivity index (χ4n) is 4.02. The van der Waals surface area contributed by atoms with E-state index in [1.54, 1.807) is 58.4 Å². The van der Waals surface area contributed by atoms with Gasteiger partial charge >= 0.3 is 5.97 Å².